The summed E-state index contributed by atoms with van der Waals surface area (Å²) in [7, 11) is 1.84. The van der Waals surface area contributed by atoms with E-state index in [-0.39, 0.29) is 5.91 Å². The van der Waals surface area contributed by atoms with Crippen molar-refractivity contribution in [3.63, 3.8) is 0 Å². The number of hydrogen-bond acceptors (Lipinski definition) is 2. The predicted molar refractivity (Wildman–Crippen MR) is 86.2 cm³/mol. The molecule has 2 N–H and O–H groups in total. The number of amides is 1. The monoisotopic (exact) mass is 282 g/mol. The van der Waals surface area contributed by atoms with Gasteiger partial charge in [-0.05, 0) is 37.1 Å². The molecular weight excluding hydrogens is 260 g/mol. The summed E-state index contributed by atoms with van der Waals surface area (Å²) >= 11 is 0. The van der Waals surface area contributed by atoms with Gasteiger partial charge in [-0.25, -0.2) is 0 Å². The molecule has 0 spiro atoms. The summed E-state index contributed by atoms with van der Waals surface area (Å²) in [6, 6.07) is 15.9. The molecule has 0 aliphatic carbocycles. The summed E-state index contributed by atoms with van der Waals surface area (Å²) in [6.07, 6.45) is 0.722. The fourth-order valence-corrected chi connectivity index (χ4v) is 2.46. The van der Waals surface area contributed by atoms with Crippen molar-refractivity contribution in [2.24, 2.45) is 5.73 Å². The maximum atomic E-state index is 12.6. The van der Waals surface area contributed by atoms with E-state index in [0.29, 0.717) is 13.1 Å². The first kappa shape index (κ1) is 15.3. The Hall–Kier alpha value is -2.13. The van der Waals surface area contributed by atoms with E-state index in [9.17, 15) is 4.79 Å². The molecule has 0 aromatic heterocycles. The molecule has 0 radical (unpaired) electrons. The molecule has 3 nitrogen and oxygen atoms in total. The lowest BCUT2D eigenvalue weighted by molar-refractivity contribution is 0.0784. The minimum atomic E-state index is 0.0422. The Bertz CT molecular complexity index is 622. The van der Waals surface area contributed by atoms with E-state index in [1.807, 2.05) is 43.4 Å². The van der Waals surface area contributed by atoms with Crippen molar-refractivity contribution in [2.75, 3.05) is 13.6 Å². The van der Waals surface area contributed by atoms with Crippen LogP contribution >= 0.6 is 0 Å². The van der Waals surface area contributed by atoms with Gasteiger partial charge in [0.25, 0.3) is 5.91 Å². The van der Waals surface area contributed by atoms with E-state index in [4.69, 9.17) is 5.73 Å². The summed E-state index contributed by atoms with van der Waals surface area (Å²) in [6.45, 7) is 3.21. The lowest BCUT2D eigenvalue weighted by Crippen LogP contribution is -2.27. The smallest absolute Gasteiger partial charge is 0.254 e. The number of carbonyl (C=O) groups is 1. The summed E-state index contributed by atoms with van der Waals surface area (Å²) in [4.78, 5) is 14.4. The fraction of sp³-hybridized carbons (Fsp3) is 0.278. The molecule has 2 aromatic rings. The van der Waals surface area contributed by atoms with E-state index in [0.717, 1.165) is 23.1 Å². The Kier molecular flexibility index (Phi) is 5.12. The van der Waals surface area contributed by atoms with Gasteiger partial charge in [-0.1, -0.05) is 48.0 Å². The number of benzene rings is 2. The molecule has 1 amide bonds. The molecule has 0 bridgehead atoms. The van der Waals surface area contributed by atoms with E-state index in [1.54, 1.807) is 4.90 Å². The normalized spacial score (nSPS) is 10.4. The van der Waals surface area contributed by atoms with Crippen LogP contribution in [0.1, 0.15) is 27.0 Å². The van der Waals surface area contributed by atoms with Gasteiger partial charge >= 0.3 is 0 Å². The minimum Gasteiger partial charge on any atom is -0.337 e. The topological polar surface area (TPSA) is 46.3 Å². The molecule has 2 rings (SSSR count). The van der Waals surface area contributed by atoms with E-state index >= 15 is 0 Å². The van der Waals surface area contributed by atoms with Gasteiger partial charge in [-0.15, -0.1) is 0 Å². The van der Waals surface area contributed by atoms with Crippen molar-refractivity contribution < 1.29 is 4.79 Å². The van der Waals surface area contributed by atoms with E-state index in [1.165, 1.54) is 5.56 Å². The lowest BCUT2D eigenvalue weighted by atomic mass is 10.0. The maximum Gasteiger partial charge on any atom is 0.254 e. The molecule has 0 aliphatic rings. The second-order valence-corrected chi connectivity index (χ2v) is 5.35. The Balaban J connectivity index is 2.16. The zero-order chi connectivity index (χ0) is 15.2. The largest absolute Gasteiger partial charge is 0.337 e. The van der Waals surface area contributed by atoms with Crippen molar-refractivity contribution in [3.8, 4) is 0 Å². The number of rotatable bonds is 5. The summed E-state index contributed by atoms with van der Waals surface area (Å²) in [5, 5.41) is 0. The standard InChI is InChI=1S/C18H22N2O/c1-14-6-5-7-15(12-14)13-20(2)18(21)17-9-4-3-8-16(17)10-11-19/h3-9,12H,10-11,13,19H2,1-2H3. The van der Waals surface area contributed by atoms with Gasteiger partial charge in [0, 0.05) is 19.2 Å². The number of aryl methyl sites for hydroxylation is 1. The first-order chi connectivity index (χ1) is 10.1. The van der Waals surface area contributed by atoms with Crippen LogP contribution in [0.25, 0.3) is 0 Å². The summed E-state index contributed by atoms with van der Waals surface area (Å²) in [5.74, 6) is 0.0422. The van der Waals surface area contributed by atoms with Crippen LogP contribution in [0.15, 0.2) is 48.5 Å². The van der Waals surface area contributed by atoms with Crippen LogP contribution < -0.4 is 5.73 Å². The highest BCUT2D eigenvalue weighted by Gasteiger charge is 2.15. The van der Waals surface area contributed by atoms with E-state index < -0.39 is 0 Å². The van der Waals surface area contributed by atoms with Crippen LogP contribution in [0.2, 0.25) is 0 Å². The number of nitrogens with two attached hydrogens (primary N) is 1. The third-order valence-corrected chi connectivity index (χ3v) is 3.51. The number of hydrogen-bond donors (Lipinski definition) is 1. The summed E-state index contributed by atoms with van der Waals surface area (Å²) in [5.41, 5.74) is 9.73. The number of carbonyl (C=O) groups excluding carboxylic acids is 1. The molecule has 0 aliphatic heterocycles. The second kappa shape index (κ2) is 7.04. The zero-order valence-electron chi connectivity index (χ0n) is 12.7. The minimum absolute atomic E-state index is 0.0422. The first-order valence-electron chi connectivity index (χ1n) is 7.21. The van der Waals surface area contributed by atoms with Gasteiger partial charge in [0.05, 0.1) is 0 Å². The Morgan fingerprint density at radius 3 is 2.62 bits per heavy atom. The zero-order valence-corrected chi connectivity index (χ0v) is 12.7. The molecular formula is C18H22N2O. The summed E-state index contributed by atoms with van der Waals surface area (Å²) < 4.78 is 0. The van der Waals surface area contributed by atoms with E-state index in [2.05, 4.69) is 19.1 Å². The molecule has 3 heteroatoms. The molecule has 0 fully saturated rings. The Morgan fingerprint density at radius 2 is 1.90 bits per heavy atom. The third-order valence-electron chi connectivity index (χ3n) is 3.51. The SMILES string of the molecule is Cc1cccc(CN(C)C(=O)c2ccccc2CCN)c1. The Labute approximate surface area is 126 Å². The van der Waals surface area contributed by atoms with Crippen LogP contribution in [0, 0.1) is 6.92 Å². The maximum absolute atomic E-state index is 12.6. The highest BCUT2D eigenvalue weighted by atomic mass is 16.2. The lowest BCUT2D eigenvalue weighted by Gasteiger charge is -2.19. The highest BCUT2D eigenvalue weighted by Crippen LogP contribution is 2.14. The van der Waals surface area contributed by atoms with Gasteiger partial charge in [0.15, 0.2) is 0 Å². The first-order valence-corrected chi connectivity index (χ1v) is 7.21. The number of nitrogens with zero attached hydrogens (tertiary/aromatic N) is 1. The average molecular weight is 282 g/mol. The van der Waals surface area contributed by atoms with Crippen molar-refractivity contribution in [1.82, 2.24) is 4.90 Å². The third kappa shape index (κ3) is 3.92. The van der Waals surface area contributed by atoms with Crippen molar-refractivity contribution >= 4 is 5.91 Å². The molecule has 0 heterocycles. The molecule has 0 saturated heterocycles. The van der Waals surface area contributed by atoms with Crippen LogP contribution in [0.5, 0.6) is 0 Å². The van der Waals surface area contributed by atoms with Gasteiger partial charge in [0.2, 0.25) is 0 Å². The molecule has 0 atom stereocenters. The van der Waals surface area contributed by atoms with Gasteiger partial charge in [-0.3, -0.25) is 4.79 Å². The molecule has 0 saturated carbocycles. The predicted octanol–water partition coefficient (Wildman–Crippen LogP) is 2.77. The van der Waals surface area contributed by atoms with Crippen LogP contribution in [0.3, 0.4) is 0 Å². The van der Waals surface area contributed by atoms with Gasteiger partial charge in [-0.2, -0.15) is 0 Å². The Morgan fingerprint density at radius 1 is 1.14 bits per heavy atom. The van der Waals surface area contributed by atoms with Crippen LogP contribution in [0.4, 0.5) is 0 Å². The average Bonchev–Trinajstić information content (AvgIpc) is 2.47. The molecule has 21 heavy (non-hydrogen) atoms. The van der Waals surface area contributed by atoms with Gasteiger partial charge in [0.1, 0.15) is 0 Å². The van der Waals surface area contributed by atoms with Gasteiger partial charge < -0.3 is 10.6 Å². The highest BCUT2D eigenvalue weighted by molar-refractivity contribution is 5.95. The molecule has 2 aromatic carbocycles. The van der Waals surface area contributed by atoms with Crippen LogP contribution in [-0.4, -0.2) is 24.4 Å². The fourth-order valence-electron chi connectivity index (χ4n) is 2.46. The van der Waals surface area contributed by atoms with Crippen LogP contribution in [-0.2, 0) is 13.0 Å². The second-order valence-electron chi connectivity index (χ2n) is 5.35. The quantitative estimate of drug-likeness (QED) is 0.916. The van der Waals surface area contributed by atoms with Crippen molar-refractivity contribution in [2.45, 2.75) is 19.9 Å². The molecule has 110 valence electrons. The van der Waals surface area contributed by atoms with Crippen molar-refractivity contribution in [3.05, 3.63) is 70.8 Å². The molecule has 0 unspecified atom stereocenters. The van der Waals surface area contributed by atoms with Crippen molar-refractivity contribution in [1.29, 1.82) is 0 Å².